The Kier molecular flexibility index (Phi) is 4.29. The maximum Gasteiger partial charge on any atom is 0.136 e. The zero-order valence-electron chi connectivity index (χ0n) is 10.4. The minimum Gasteiger partial charge on any atom is -0.598 e. The van der Waals surface area contributed by atoms with E-state index in [1.807, 2.05) is 46.8 Å². The van der Waals surface area contributed by atoms with Gasteiger partial charge < -0.3 is 4.55 Å². The summed E-state index contributed by atoms with van der Waals surface area (Å²) < 4.78 is 14.6. The predicted octanol–water partition coefficient (Wildman–Crippen LogP) is 1.90. The van der Waals surface area contributed by atoms with Crippen molar-refractivity contribution in [1.29, 1.82) is 0 Å². The Morgan fingerprint density at radius 2 is 1.94 bits per heavy atom. The third-order valence-electron chi connectivity index (χ3n) is 2.10. The number of nitrogens with one attached hydrogen (secondary N) is 1. The fourth-order valence-electron chi connectivity index (χ4n) is 1.04. The largest absolute Gasteiger partial charge is 0.598 e. The van der Waals surface area contributed by atoms with Crippen LogP contribution in [0, 0.1) is 6.92 Å². The van der Waals surface area contributed by atoms with Crippen LogP contribution in [0.25, 0.3) is 0 Å². The smallest absolute Gasteiger partial charge is 0.136 e. The molecule has 1 aromatic heterocycles. The molecule has 0 saturated carbocycles. The van der Waals surface area contributed by atoms with Crippen molar-refractivity contribution in [3.8, 4) is 0 Å². The number of hydrogen-bond donors (Lipinski definition) is 1. The van der Waals surface area contributed by atoms with Crippen molar-refractivity contribution < 1.29 is 4.55 Å². The average Bonchev–Trinajstić information content (AvgIpc) is 2.17. The molecule has 0 spiro atoms. The molecule has 0 bridgehead atoms. The van der Waals surface area contributed by atoms with E-state index in [4.69, 9.17) is 0 Å². The molecule has 2 atom stereocenters. The lowest BCUT2D eigenvalue weighted by Gasteiger charge is -2.26. The van der Waals surface area contributed by atoms with Crippen LogP contribution in [0.3, 0.4) is 0 Å². The van der Waals surface area contributed by atoms with E-state index in [0.29, 0.717) is 0 Å². The Balaban J connectivity index is 2.65. The quantitative estimate of drug-likeness (QED) is 0.821. The second-order valence-electron chi connectivity index (χ2n) is 4.82. The molecule has 0 aliphatic carbocycles. The van der Waals surface area contributed by atoms with Gasteiger partial charge in [0.25, 0.3) is 0 Å². The summed E-state index contributed by atoms with van der Waals surface area (Å²) in [6.45, 7) is 9.63. The number of aryl methyl sites for hydroxylation is 1. The van der Waals surface area contributed by atoms with Gasteiger partial charge in [0.1, 0.15) is 4.75 Å². The number of rotatable bonds is 3. The minimum absolute atomic E-state index is 0.0619. The molecule has 5 heteroatoms. The van der Waals surface area contributed by atoms with Crippen molar-refractivity contribution >= 4 is 11.4 Å². The number of hydrogen-bond acceptors (Lipinski definition) is 4. The van der Waals surface area contributed by atoms with E-state index in [9.17, 15) is 4.55 Å². The second kappa shape index (κ2) is 5.12. The minimum atomic E-state index is -1.09. The average molecular weight is 241 g/mol. The van der Waals surface area contributed by atoms with Crippen LogP contribution in [0.1, 0.15) is 45.1 Å². The fourth-order valence-corrected chi connectivity index (χ4v) is 1.83. The Hall–Kier alpha value is -0.650. The van der Waals surface area contributed by atoms with E-state index in [2.05, 4.69) is 14.9 Å². The van der Waals surface area contributed by atoms with Gasteiger partial charge in [-0.1, -0.05) is 0 Å². The van der Waals surface area contributed by atoms with E-state index >= 15 is 0 Å². The van der Waals surface area contributed by atoms with Gasteiger partial charge in [-0.2, -0.15) is 10.2 Å². The number of aromatic nitrogens is 2. The molecule has 0 aliphatic rings. The Morgan fingerprint density at radius 1 is 1.31 bits per heavy atom. The lowest BCUT2D eigenvalue weighted by atomic mass is 10.2. The third kappa shape index (κ3) is 3.73. The summed E-state index contributed by atoms with van der Waals surface area (Å²) in [5.74, 6) is 0. The van der Waals surface area contributed by atoms with Gasteiger partial charge in [0.15, 0.2) is 0 Å². The first-order valence-electron chi connectivity index (χ1n) is 5.29. The van der Waals surface area contributed by atoms with Crippen molar-refractivity contribution in [2.75, 3.05) is 0 Å². The van der Waals surface area contributed by atoms with Crippen molar-refractivity contribution in [2.45, 2.75) is 45.4 Å². The summed E-state index contributed by atoms with van der Waals surface area (Å²) in [6, 6.07) is 3.74. The number of nitrogens with zero attached hydrogens (tertiary/aromatic N) is 2. The van der Waals surface area contributed by atoms with E-state index in [-0.39, 0.29) is 10.8 Å². The molecule has 1 unspecified atom stereocenters. The van der Waals surface area contributed by atoms with Gasteiger partial charge in [-0.05, 0) is 46.8 Å². The first-order chi connectivity index (χ1) is 7.30. The summed E-state index contributed by atoms with van der Waals surface area (Å²) in [5, 5.41) is 8.05. The molecule has 1 heterocycles. The molecule has 4 nitrogen and oxygen atoms in total. The Bertz CT molecular complexity index is 334. The van der Waals surface area contributed by atoms with Crippen LogP contribution in [-0.4, -0.2) is 19.5 Å². The van der Waals surface area contributed by atoms with Gasteiger partial charge in [-0.25, -0.2) is 0 Å². The fraction of sp³-hybridized carbons (Fsp3) is 0.636. The predicted molar refractivity (Wildman–Crippen MR) is 66.2 cm³/mol. The zero-order valence-corrected chi connectivity index (χ0v) is 11.3. The van der Waals surface area contributed by atoms with Gasteiger partial charge >= 0.3 is 0 Å². The molecule has 0 aliphatic heterocycles. The topological polar surface area (TPSA) is 60.9 Å². The highest BCUT2D eigenvalue weighted by Crippen LogP contribution is 2.18. The van der Waals surface area contributed by atoms with Crippen LogP contribution in [0.5, 0.6) is 0 Å². The molecule has 1 aromatic rings. The van der Waals surface area contributed by atoms with Crippen LogP contribution in [0.4, 0.5) is 0 Å². The molecule has 0 saturated heterocycles. The van der Waals surface area contributed by atoms with Gasteiger partial charge in [0.05, 0.1) is 17.4 Å². The Morgan fingerprint density at radius 3 is 2.38 bits per heavy atom. The van der Waals surface area contributed by atoms with Crippen LogP contribution in [0.2, 0.25) is 0 Å². The SMILES string of the molecule is Cc1ccc(C(C)N[S@@+]([O-])C(C)(C)C)nn1. The lowest BCUT2D eigenvalue weighted by Crippen LogP contribution is -2.40. The summed E-state index contributed by atoms with van der Waals surface area (Å²) in [6.07, 6.45) is 0. The van der Waals surface area contributed by atoms with E-state index in [0.717, 1.165) is 11.4 Å². The lowest BCUT2D eigenvalue weighted by molar-refractivity contribution is 0.527. The first-order valence-corrected chi connectivity index (χ1v) is 6.44. The van der Waals surface area contributed by atoms with Crippen LogP contribution >= 0.6 is 0 Å². The molecule has 0 aromatic carbocycles. The van der Waals surface area contributed by atoms with Gasteiger partial charge in [0, 0.05) is 11.4 Å². The van der Waals surface area contributed by atoms with Crippen LogP contribution in [-0.2, 0) is 11.4 Å². The van der Waals surface area contributed by atoms with Crippen molar-refractivity contribution in [3.05, 3.63) is 23.5 Å². The molecular formula is C11H19N3OS. The molecular weight excluding hydrogens is 222 g/mol. The summed E-state index contributed by atoms with van der Waals surface area (Å²) >= 11 is -1.09. The monoisotopic (exact) mass is 241 g/mol. The van der Waals surface area contributed by atoms with Crippen molar-refractivity contribution in [2.24, 2.45) is 0 Å². The van der Waals surface area contributed by atoms with E-state index in [1.165, 1.54) is 0 Å². The summed E-state index contributed by atoms with van der Waals surface area (Å²) in [4.78, 5) is 0. The van der Waals surface area contributed by atoms with Gasteiger partial charge in [0.2, 0.25) is 0 Å². The molecule has 0 radical (unpaired) electrons. The van der Waals surface area contributed by atoms with Crippen molar-refractivity contribution in [1.82, 2.24) is 14.9 Å². The van der Waals surface area contributed by atoms with Gasteiger partial charge in [-0.3, -0.25) is 0 Å². The molecule has 1 N–H and O–H groups in total. The van der Waals surface area contributed by atoms with Crippen LogP contribution < -0.4 is 4.72 Å². The zero-order chi connectivity index (χ0) is 12.3. The molecule has 0 amide bonds. The normalized spacial score (nSPS) is 15.9. The first kappa shape index (κ1) is 13.4. The van der Waals surface area contributed by atoms with Gasteiger partial charge in [-0.15, -0.1) is 4.72 Å². The van der Waals surface area contributed by atoms with Crippen molar-refractivity contribution in [3.63, 3.8) is 0 Å². The summed E-state index contributed by atoms with van der Waals surface area (Å²) in [5.41, 5.74) is 1.69. The summed E-state index contributed by atoms with van der Waals surface area (Å²) in [7, 11) is 0. The highest BCUT2D eigenvalue weighted by Gasteiger charge is 2.28. The maximum absolute atomic E-state index is 11.9. The molecule has 1 rings (SSSR count). The second-order valence-corrected chi connectivity index (χ2v) is 6.82. The van der Waals surface area contributed by atoms with E-state index in [1.54, 1.807) is 0 Å². The highest BCUT2D eigenvalue weighted by atomic mass is 32.2. The standard InChI is InChI=1S/C11H19N3OS/c1-8-6-7-10(13-12-8)9(2)14-16(15)11(3,4)5/h6-7,9,14H,1-5H3/t9?,16-/m0/s1. The molecule has 16 heavy (non-hydrogen) atoms. The highest BCUT2D eigenvalue weighted by molar-refractivity contribution is 7.90. The maximum atomic E-state index is 11.9. The third-order valence-corrected chi connectivity index (χ3v) is 3.78. The molecule has 0 fully saturated rings. The Labute approximate surface area is 100 Å². The van der Waals surface area contributed by atoms with E-state index < -0.39 is 11.4 Å². The van der Waals surface area contributed by atoms with Crippen LogP contribution in [0.15, 0.2) is 12.1 Å². The molecule has 90 valence electrons.